The number of nitrogens with zero attached hydrogens (tertiary/aromatic N) is 4. The van der Waals surface area contributed by atoms with Gasteiger partial charge in [-0.15, -0.1) is 10.2 Å². The maximum absolute atomic E-state index is 11.0. The van der Waals surface area contributed by atoms with Crippen molar-refractivity contribution >= 4 is 11.4 Å². The van der Waals surface area contributed by atoms with Crippen molar-refractivity contribution in [1.29, 1.82) is 0 Å². The van der Waals surface area contributed by atoms with Crippen molar-refractivity contribution in [3.63, 3.8) is 0 Å². The Kier molecular flexibility index (Phi) is 4.14. The number of nitrogens with one attached hydrogen (secondary N) is 1. The second kappa shape index (κ2) is 6.00. The molecule has 0 aliphatic heterocycles. The molecule has 1 heterocycles. The fourth-order valence-electron chi connectivity index (χ4n) is 1.79. The Bertz CT molecular complexity index is 611. The molecule has 20 heavy (non-hydrogen) atoms. The molecule has 0 aliphatic carbocycles. The number of hydrogen-bond donors (Lipinski definition) is 1. The molecule has 0 radical (unpaired) electrons. The van der Waals surface area contributed by atoms with Crippen molar-refractivity contribution in [2.24, 2.45) is 7.05 Å². The van der Waals surface area contributed by atoms with Crippen LogP contribution < -0.4 is 10.1 Å². The third-order valence-corrected chi connectivity index (χ3v) is 2.87. The minimum absolute atomic E-state index is 0.0174. The first-order chi connectivity index (χ1) is 9.61. The molecule has 2 aromatic rings. The number of aryl methyl sites for hydroxylation is 1. The molecule has 0 aliphatic rings. The summed E-state index contributed by atoms with van der Waals surface area (Å²) in [5.41, 5.74) is 0.445. The molecule has 2 rings (SSSR count). The van der Waals surface area contributed by atoms with Crippen LogP contribution in [0.4, 0.5) is 11.4 Å². The molecule has 1 N–H and O–H groups in total. The molecule has 8 nitrogen and oxygen atoms in total. The van der Waals surface area contributed by atoms with Gasteiger partial charge in [0.25, 0.3) is 5.69 Å². The Balaban J connectivity index is 2.07. The number of hydrogen-bond acceptors (Lipinski definition) is 6. The zero-order valence-electron chi connectivity index (χ0n) is 11.2. The van der Waals surface area contributed by atoms with Gasteiger partial charge >= 0.3 is 0 Å². The summed E-state index contributed by atoms with van der Waals surface area (Å²) in [6, 6.07) is 4.59. The number of nitro benzene ring substituents is 1. The molecule has 0 unspecified atom stereocenters. The van der Waals surface area contributed by atoms with Crippen molar-refractivity contribution in [2.45, 2.75) is 6.42 Å². The average Bonchev–Trinajstić information content (AvgIpc) is 2.84. The van der Waals surface area contributed by atoms with Gasteiger partial charge in [0.2, 0.25) is 0 Å². The summed E-state index contributed by atoms with van der Waals surface area (Å²) < 4.78 is 6.88. The number of ether oxygens (including phenoxy) is 1. The monoisotopic (exact) mass is 277 g/mol. The van der Waals surface area contributed by atoms with Crippen LogP contribution >= 0.6 is 0 Å². The van der Waals surface area contributed by atoms with Crippen molar-refractivity contribution in [1.82, 2.24) is 14.8 Å². The second-order valence-corrected chi connectivity index (χ2v) is 4.18. The lowest BCUT2D eigenvalue weighted by molar-refractivity contribution is -0.384. The molecule has 1 aromatic heterocycles. The summed E-state index contributed by atoms with van der Waals surface area (Å²) in [5, 5.41) is 21.7. The van der Waals surface area contributed by atoms with Crippen LogP contribution in [0.3, 0.4) is 0 Å². The first-order valence-corrected chi connectivity index (χ1v) is 6.01. The van der Waals surface area contributed by atoms with Gasteiger partial charge in [-0.25, -0.2) is 0 Å². The Labute approximate surface area is 115 Å². The highest BCUT2D eigenvalue weighted by Crippen LogP contribution is 2.28. The van der Waals surface area contributed by atoms with E-state index >= 15 is 0 Å². The molecule has 0 bridgehead atoms. The Morgan fingerprint density at radius 2 is 2.30 bits per heavy atom. The highest BCUT2D eigenvalue weighted by atomic mass is 16.6. The quantitative estimate of drug-likeness (QED) is 0.633. The number of aromatic nitrogens is 3. The van der Waals surface area contributed by atoms with Gasteiger partial charge in [-0.05, 0) is 6.07 Å². The topological polar surface area (TPSA) is 95.1 Å². The molecule has 8 heteroatoms. The lowest BCUT2D eigenvalue weighted by Crippen LogP contribution is -2.10. The van der Waals surface area contributed by atoms with E-state index in [0.29, 0.717) is 24.4 Å². The summed E-state index contributed by atoms with van der Waals surface area (Å²) in [7, 11) is 3.37. The Hall–Kier alpha value is -2.64. The van der Waals surface area contributed by atoms with E-state index in [2.05, 4.69) is 15.5 Å². The number of nitro groups is 1. The summed E-state index contributed by atoms with van der Waals surface area (Å²) in [4.78, 5) is 10.5. The molecule has 0 saturated heterocycles. The van der Waals surface area contributed by atoms with Crippen LogP contribution in [0.2, 0.25) is 0 Å². The number of methoxy groups -OCH3 is 1. The zero-order valence-corrected chi connectivity index (χ0v) is 11.2. The average molecular weight is 277 g/mol. The standard InChI is InChI=1S/C12H15N5O3/c1-16-8-14-15-12(16)5-6-13-10-7-9(20-2)3-4-11(10)17(18)19/h3-4,7-8,13H,5-6H2,1-2H3. The third kappa shape index (κ3) is 3.02. The maximum Gasteiger partial charge on any atom is 0.292 e. The van der Waals surface area contributed by atoms with Gasteiger partial charge in [0.1, 0.15) is 23.6 Å². The molecule has 0 atom stereocenters. The SMILES string of the molecule is COc1ccc([N+](=O)[O-])c(NCCc2nncn2C)c1. The van der Waals surface area contributed by atoms with E-state index in [4.69, 9.17) is 4.74 Å². The minimum Gasteiger partial charge on any atom is -0.497 e. The van der Waals surface area contributed by atoms with E-state index in [1.165, 1.54) is 13.2 Å². The van der Waals surface area contributed by atoms with E-state index in [1.54, 1.807) is 18.5 Å². The maximum atomic E-state index is 11.0. The van der Waals surface area contributed by atoms with E-state index < -0.39 is 4.92 Å². The summed E-state index contributed by atoms with van der Waals surface area (Å²) in [6.07, 6.45) is 2.23. The smallest absolute Gasteiger partial charge is 0.292 e. The Morgan fingerprint density at radius 3 is 2.90 bits per heavy atom. The summed E-state index contributed by atoms with van der Waals surface area (Å²) >= 11 is 0. The first-order valence-electron chi connectivity index (χ1n) is 6.01. The molecule has 0 fully saturated rings. The van der Waals surface area contributed by atoms with Gasteiger partial charge in [-0.2, -0.15) is 0 Å². The predicted octanol–water partition coefficient (Wildman–Crippen LogP) is 1.39. The first kappa shape index (κ1) is 13.8. The van der Waals surface area contributed by atoms with Gasteiger partial charge in [-0.1, -0.05) is 0 Å². The second-order valence-electron chi connectivity index (χ2n) is 4.18. The van der Waals surface area contributed by atoms with Crippen molar-refractivity contribution in [2.75, 3.05) is 19.0 Å². The van der Waals surface area contributed by atoms with Crippen LogP contribution in [0.5, 0.6) is 5.75 Å². The van der Waals surface area contributed by atoms with E-state index in [0.717, 1.165) is 5.82 Å². The molecular formula is C12H15N5O3. The minimum atomic E-state index is -0.426. The van der Waals surface area contributed by atoms with Gasteiger partial charge in [0.15, 0.2) is 0 Å². The Morgan fingerprint density at radius 1 is 1.50 bits per heavy atom. The van der Waals surface area contributed by atoms with Crippen LogP contribution in [0.15, 0.2) is 24.5 Å². The zero-order chi connectivity index (χ0) is 14.5. The van der Waals surface area contributed by atoms with Gasteiger partial charge in [0, 0.05) is 32.1 Å². The van der Waals surface area contributed by atoms with Crippen LogP contribution in [-0.4, -0.2) is 33.3 Å². The van der Waals surface area contributed by atoms with Gasteiger partial charge in [-0.3, -0.25) is 10.1 Å². The molecule has 0 amide bonds. The number of anilines is 1. The molecule has 0 spiro atoms. The van der Waals surface area contributed by atoms with Crippen LogP contribution in [0, 0.1) is 10.1 Å². The van der Waals surface area contributed by atoms with Crippen molar-refractivity contribution in [3.8, 4) is 5.75 Å². The van der Waals surface area contributed by atoms with E-state index in [1.807, 2.05) is 11.6 Å². The van der Waals surface area contributed by atoms with Crippen molar-refractivity contribution in [3.05, 3.63) is 40.5 Å². The highest BCUT2D eigenvalue weighted by Gasteiger charge is 2.14. The predicted molar refractivity (Wildman–Crippen MR) is 72.8 cm³/mol. The lowest BCUT2D eigenvalue weighted by Gasteiger charge is -2.08. The highest BCUT2D eigenvalue weighted by molar-refractivity contribution is 5.64. The number of benzene rings is 1. The van der Waals surface area contributed by atoms with Crippen LogP contribution in [-0.2, 0) is 13.5 Å². The fourth-order valence-corrected chi connectivity index (χ4v) is 1.79. The largest absolute Gasteiger partial charge is 0.497 e. The van der Waals surface area contributed by atoms with Gasteiger partial charge in [0.05, 0.1) is 12.0 Å². The molecule has 1 aromatic carbocycles. The third-order valence-electron chi connectivity index (χ3n) is 2.87. The molecule has 106 valence electrons. The summed E-state index contributed by atoms with van der Waals surface area (Å²) in [6.45, 7) is 0.514. The number of rotatable bonds is 6. The van der Waals surface area contributed by atoms with E-state index in [-0.39, 0.29) is 5.69 Å². The van der Waals surface area contributed by atoms with Gasteiger partial charge < -0.3 is 14.6 Å². The van der Waals surface area contributed by atoms with Crippen LogP contribution in [0.1, 0.15) is 5.82 Å². The fraction of sp³-hybridized carbons (Fsp3) is 0.333. The molecular weight excluding hydrogens is 262 g/mol. The lowest BCUT2D eigenvalue weighted by atomic mass is 10.2. The van der Waals surface area contributed by atoms with Crippen molar-refractivity contribution < 1.29 is 9.66 Å². The normalized spacial score (nSPS) is 10.3. The summed E-state index contributed by atoms with van der Waals surface area (Å²) in [5.74, 6) is 1.37. The van der Waals surface area contributed by atoms with E-state index in [9.17, 15) is 10.1 Å². The molecule has 0 saturated carbocycles. The van der Waals surface area contributed by atoms with Crippen LogP contribution in [0.25, 0.3) is 0 Å².